The van der Waals surface area contributed by atoms with Crippen molar-refractivity contribution in [2.75, 3.05) is 26.1 Å². The van der Waals surface area contributed by atoms with Gasteiger partial charge in [-0.3, -0.25) is 9.69 Å². The Morgan fingerprint density at radius 2 is 1.88 bits per heavy atom. The number of hydrogen-bond acceptors (Lipinski definition) is 4. The molecular formula is C10H18ClNO4. The molecule has 0 saturated carbocycles. The molecule has 5 nitrogen and oxygen atoms in total. The van der Waals surface area contributed by atoms with Gasteiger partial charge in [0.25, 0.3) is 0 Å². The first-order chi connectivity index (χ1) is 7.30. The topological polar surface area (TPSA) is 55.8 Å². The van der Waals surface area contributed by atoms with Gasteiger partial charge in [-0.15, -0.1) is 11.6 Å². The van der Waals surface area contributed by atoms with Crippen LogP contribution in [0.15, 0.2) is 0 Å². The van der Waals surface area contributed by atoms with Crippen molar-refractivity contribution < 1.29 is 19.1 Å². The second kappa shape index (κ2) is 6.58. The Hall–Kier alpha value is -0.970. The maximum absolute atomic E-state index is 11.6. The van der Waals surface area contributed by atoms with Gasteiger partial charge >= 0.3 is 12.1 Å². The number of methoxy groups -OCH3 is 1. The Bertz CT molecular complexity index is 250. The number of carbonyl (C=O) groups is 2. The Labute approximate surface area is 101 Å². The van der Waals surface area contributed by atoms with Gasteiger partial charge in [0.05, 0.1) is 7.11 Å². The molecule has 0 saturated heterocycles. The molecule has 0 rings (SSSR count). The van der Waals surface area contributed by atoms with Gasteiger partial charge in [0, 0.05) is 12.4 Å². The first kappa shape index (κ1) is 15.0. The highest BCUT2D eigenvalue weighted by molar-refractivity contribution is 6.18. The molecule has 0 spiro atoms. The molecule has 0 aromatic rings. The molecule has 94 valence electrons. The number of hydrogen-bond donors (Lipinski definition) is 0. The number of nitrogens with zero attached hydrogens (tertiary/aromatic N) is 1. The summed E-state index contributed by atoms with van der Waals surface area (Å²) >= 11 is 5.54. The van der Waals surface area contributed by atoms with Gasteiger partial charge in [0.2, 0.25) is 0 Å². The first-order valence-electron chi connectivity index (χ1n) is 4.91. The van der Waals surface area contributed by atoms with Crippen molar-refractivity contribution in [1.29, 1.82) is 0 Å². The van der Waals surface area contributed by atoms with E-state index in [2.05, 4.69) is 4.74 Å². The fourth-order valence-electron chi connectivity index (χ4n) is 0.884. The predicted octanol–water partition coefficient (Wildman–Crippen LogP) is 1.64. The molecule has 0 heterocycles. The van der Waals surface area contributed by atoms with Gasteiger partial charge < -0.3 is 9.47 Å². The fourth-order valence-corrected chi connectivity index (χ4v) is 1.09. The molecule has 0 radical (unpaired) electrons. The number of ether oxygens (including phenoxy) is 2. The van der Waals surface area contributed by atoms with Crippen LogP contribution in [0.5, 0.6) is 0 Å². The molecule has 0 aliphatic carbocycles. The first-order valence-corrected chi connectivity index (χ1v) is 5.44. The third-order valence-corrected chi connectivity index (χ3v) is 1.72. The lowest BCUT2D eigenvalue weighted by Gasteiger charge is -2.26. The van der Waals surface area contributed by atoms with E-state index in [-0.39, 0.29) is 19.0 Å². The van der Waals surface area contributed by atoms with Crippen molar-refractivity contribution in [2.24, 2.45) is 0 Å². The number of halogens is 1. The maximum Gasteiger partial charge on any atom is 0.410 e. The normalized spacial score (nSPS) is 10.8. The van der Waals surface area contributed by atoms with Crippen LogP contribution in [-0.2, 0) is 14.3 Å². The lowest BCUT2D eigenvalue weighted by molar-refractivity contribution is -0.141. The summed E-state index contributed by atoms with van der Waals surface area (Å²) in [5.74, 6) is -0.271. The summed E-state index contributed by atoms with van der Waals surface area (Å²) in [6.07, 6.45) is -0.571. The summed E-state index contributed by atoms with van der Waals surface area (Å²) in [6, 6.07) is 0. The monoisotopic (exact) mass is 251 g/mol. The van der Waals surface area contributed by atoms with E-state index in [1.54, 1.807) is 20.8 Å². The third-order valence-electron chi connectivity index (χ3n) is 1.55. The summed E-state index contributed by atoms with van der Waals surface area (Å²) in [6.45, 7) is 5.34. The zero-order valence-electron chi connectivity index (χ0n) is 10.1. The van der Waals surface area contributed by atoms with Crippen LogP contribution in [0.3, 0.4) is 0 Å². The van der Waals surface area contributed by atoms with Gasteiger partial charge in [0.1, 0.15) is 12.1 Å². The number of amides is 1. The number of rotatable bonds is 4. The van der Waals surface area contributed by atoms with Crippen LogP contribution in [0.4, 0.5) is 4.79 Å². The van der Waals surface area contributed by atoms with E-state index < -0.39 is 17.7 Å². The Morgan fingerprint density at radius 3 is 2.25 bits per heavy atom. The van der Waals surface area contributed by atoms with E-state index >= 15 is 0 Å². The predicted molar refractivity (Wildman–Crippen MR) is 60.5 cm³/mol. The van der Waals surface area contributed by atoms with E-state index in [0.717, 1.165) is 0 Å². The molecule has 0 aliphatic rings. The van der Waals surface area contributed by atoms with Crippen molar-refractivity contribution in [2.45, 2.75) is 26.4 Å². The standard InChI is InChI=1S/C10H18ClNO4/c1-10(2,3)16-9(14)12(6-5-11)7-8(13)15-4/h5-7H2,1-4H3. The van der Waals surface area contributed by atoms with Crippen LogP contribution in [0, 0.1) is 0 Å². The highest BCUT2D eigenvalue weighted by atomic mass is 35.5. The third kappa shape index (κ3) is 6.50. The zero-order chi connectivity index (χ0) is 12.8. The fraction of sp³-hybridized carbons (Fsp3) is 0.800. The van der Waals surface area contributed by atoms with Crippen molar-refractivity contribution >= 4 is 23.7 Å². The van der Waals surface area contributed by atoms with E-state index in [4.69, 9.17) is 16.3 Å². The minimum atomic E-state index is -0.599. The van der Waals surface area contributed by atoms with Crippen LogP contribution in [0.2, 0.25) is 0 Å². The summed E-state index contributed by atoms with van der Waals surface area (Å²) in [5.41, 5.74) is -0.599. The van der Waals surface area contributed by atoms with Crippen LogP contribution >= 0.6 is 11.6 Å². The van der Waals surface area contributed by atoms with Crippen molar-refractivity contribution in [3.8, 4) is 0 Å². The van der Waals surface area contributed by atoms with Crippen molar-refractivity contribution in [1.82, 2.24) is 4.90 Å². The Kier molecular flexibility index (Phi) is 6.18. The minimum Gasteiger partial charge on any atom is -0.468 e. The number of alkyl halides is 1. The van der Waals surface area contributed by atoms with Crippen LogP contribution in [0.25, 0.3) is 0 Å². The summed E-state index contributed by atoms with van der Waals surface area (Å²) in [7, 11) is 1.26. The van der Waals surface area contributed by atoms with Crippen LogP contribution in [-0.4, -0.2) is 48.6 Å². The molecule has 0 aromatic heterocycles. The molecule has 16 heavy (non-hydrogen) atoms. The second-order valence-corrected chi connectivity index (χ2v) is 4.54. The molecule has 0 unspecified atom stereocenters. The quantitative estimate of drug-likeness (QED) is 0.563. The zero-order valence-corrected chi connectivity index (χ0v) is 10.8. The minimum absolute atomic E-state index is 0.155. The van der Waals surface area contributed by atoms with E-state index in [1.165, 1.54) is 12.0 Å². The van der Waals surface area contributed by atoms with Gasteiger partial charge in [-0.25, -0.2) is 4.79 Å². The molecule has 0 bridgehead atoms. The van der Waals surface area contributed by atoms with Gasteiger partial charge in [-0.05, 0) is 20.8 Å². The molecular weight excluding hydrogens is 234 g/mol. The molecule has 1 amide bonds. The molecule has 0 aliphatic heterocycles. The molecule has 0 N–H and O–H groups in total. The van der Waals surface area contributed by atoms with E-state index in [9.17, 15) is 9.59 Å². The summed E-state index contributed by atoms with van der Waals surface area (Å²) in [5, 5.41) is 0. The Morgan fingerprint density at radius 1 is 1.31 bits per heavy atom. The van der Waals surface area contributed by atoms with Crippen molar-refractivity contribution in [3.05, 3.63) is 0 Å². The molecule has 0 atom stereocenters. The van der Waals surface area contributed by atoms with Crippen LogP contribution in [0.1, 0.15) is 20.8 Å². The maximum atomic E-state index is 11.6. The van der Waals surface area contributed by atoms with E-state index in [1.807, 2.05) is 0 Å². The largest absolute Gasteiger partial charge is 0.468 e. The summed E-state index contributed by atoms with van der Waals surface area (Å²) < 4.78 is 9.59. The average molecular weight is 252 g/mol. The van der Waals surface area contributed by atoms with Gasteiger partial charge in [0.15, 0.2) is 0 Å². The smallest absolute Gasteiger partial charge is 0.410 e. The molecule has 6 heteroatoms. The molecule has 0 fully saturated rings. The lowest BCUT2D eigenvalue weighted by Crippen LogP contribution is -2.41. The highest BCUT2D eigenvalue weighted by Gasteiger charge is 2.23. The highest BCUT2D eigenvalue weighted by Crippen LogP contribution is 2.10. The van der Waals surface area contributed by atoms with E-state index in [0.29, 0.717) is 0 Å². The Balaban J connectivity index is 4.40. The van der Waals surface area contributed by atoms with Gasteiger partial charge in [-0.1, -0.05) is 0 Å². The average Bonchev–Trinajstić information content (AvgIpc) is 2.14. The number of esters is 1. The van der Waals surface area contributed by atoms with Crippen molar-refractivity contribution in [3.63, 3.8) is 0 Å². The lowest BCUT2D eigenvalue weighted by atomic mass is 10.2. The number of carbonyl (C=O) groups excluding carboxylic acids is 2. The summed E-state index contributed by atoms with van der Waals surface area (Å²) in [4.78, 5) is 23.9. The molecule has 0 aromatic carbocycles. The second-order valence-electron chi connectivity index (χ2n) is 4.17. The van der Waals surface area contributed by atoms with Crippen LogP contribution < -0.4 is 0 Å². The SMILES string of the molecule is COC(=O)CN(CCCl)C(=O)OC(C)(C)C. The van der Waals surface area contributed by atoms with Gasteiger partial charge in [-0.2, -0.15) is 0 Å².